The van der Waals surface area contributed by atoms with Crippen LogP contribution in [0.3, 0.4) is 0 Å². The van der Waals surface area contributed by atoms with Crippen molar-refractivity contribution in [3.63, 3.8) is 0 Å². The molecule has 1 aromatic heterocycles. The first-order valence-corrected chi connectivity index (χ1v) is 10.5. The lowest BCUT2D eigenvalue weighted by atomic mass is 9.69. The van der Waals surface area contributed by atoms with Crippen molar-refractivity contribution in [2.24, 2.45) is 11.3 Å². The highest BCUT2D eigenvalue weighted by molar-refractivity contribution is 5.95. The van der Waals surface area contributed by atoms with Crippen molar-refractivity contribution in [1.82, 2.24) is 14.8 Å². The average Bonchev–Trinajstić information content (AvgIpc) is 3.39. The molecule has 3 atom stereocenters. The fourth-order valence-corrected chi connectivity index (χ4v) is 5.35. The van der Waals surface area contributed by atoms with E-state index in [0.717, 1.165) is 32.1 Å². The molecule has 7 nitrogen and oxygen atoms in total. The molecule has 0 spiro atoms. The smallest absolute Gasteiger partial charge is 0.292 e. The van der Waals surface area contributed by atoms with Gasteiger partial charge in [0.1, 0.15) is 0 Å². The maximum absolute atomic E-state index is 13.7. The number of fused-ring (bicyclic) bond motifs is 2. The first-order chi connectivity index (χ1) is 13.4. The van der Waals surface area contributed by atoms with Gasteiger partial charge in [-0.1, -0.05) is 13.8 Å². The monoisotopic (exact) mass is 389 g/mol. The van der Waals surface area contributed by atoms with Gasteiger partial charge < -0.3 is 19.0 Å². The number of amides is 2. The van der Waals surface area contributed by atoms with Crippen molar-refractivity contribution in [2.75, 3.05) is 26.3 Å². The number of nitrogens with zero attached hydrogens (tertiary/aromatic N) is 3. The van der Waals surface area contributed by atoms with Gasteiger partial charge in [-0.05, 0) is 44.9 Å². The van der Waals surface area contributed by atoms with E-state index in [1.807, 2.05) is 9.80 Å². The fourth-order valence-electron chi connectivity index (χ4n) is 5.35. The zero-order valence-corrected chi connectivity index (χ0v) is 17.1. The van der Waals surface area contributed by atoms with Crippen LogP contribution >= 0.6 is 0 Å². The molecule has 0 aliphatic carbocycles. The van der Waals surface area contributed by atoms with Crippen molar-refractivity contribution in [3.8, 4) is 0 Å². The van der Waals surface area contributed by atoms with Gasteiger partial charge in [-0.2, -0.15) is 0 Å². The number of ether oxygens (including phenoxy) is 1. The molecular formula is C21H31N3O4. The zero-order chi connectivity index (χ0) is 19.9. The number of hydrogen-bond donors (Lipinski definition) is 0. The van der Waals surface area contributed by atoms with E-state index in [4.69, 9.17) is 9.15 Å². The van der Waals surface area contributed by atoms with Crippen molar-refractivity contribution in [3.05, 3.63) is 17.8 Å². The minimum absolute atomic E-state index is 0.0522. The maximum atomic E-state index is 13.7. The molecule has 0 N–H and O–H groups in total. The van der Waals surface area contributed by atoms with E-state index in [2.05, 4.69) is 18.8 Å². The van der Waals surface area contributed by atoms with Crippen LogP contribution in [0.2, 0.25) is 0 Å². The number of morpholine rings is 1. The van der Waals surface area contributed by atoms with E-state index in [1.54, 1.807) is 6.92 Å². The van der Waals surface area contributed by atoms with E-state index in [9.17, 15) is 9.59 Å². The molecule has 0 saturated carbocycles. The number of hydrogen-bond acceptors (Lipinski definition) is 5. The maximum Gasteiger partial charge on any atom is 0.292 e. The van der Waals surface area contributed by atoms with Gasteiger partial charge in [-0.25, -0.2) is 4.98 Å². The molecule has 2 bridgehead atoms. The SMILES string of the molecule is Cc1ncoc1C(=O)N1[C@@H]2CC[C@H]1[C@@](CCC(C)C)(C(=O)N1CCOCC1)C2. The summed E-state index contributed by atoms with van der Waals surface area (Å²) in [6.07, 6.45) is 5.76. The minimum atomic E-state index is -0.478. The Labute approximate surface area is 166 Å². The third kappa shape index (κ3) is 3.13. The lowest BCUT2D eigenvalue weighted by molar-refractivity contribution is -0.149. The largest absolute Gasteiger partial charge is 0.438 e. The Morgan fingerprint density at radius 1 is 1.29 bits per heavy atom. The Morgan fingerprint density at radius 3 is 2.68 bits per heavy atom. The molecule has 0 unspecified atom stereocenters. The molecule has 4 rings (SSSR count). The Kier molecular flexibility index (Phi) is 5.21. The van der Waals surface area contributed by atoms with Gasteiger partial charge in [0.25, 0.3) is 5.91 Å². The number of oxazole rings is 1. The van der Waals surface area contributed by atoms with E-state index in [0.29, 0.717) is 43.7 Å². The van der Waals surface area contributed by atoms with Crippen molar-refractivity contribution in [2.45, 2.75) is 65.0 Å². The third-order valence-electron chi connectivity index (χ3n) is 6.81. The second-order valence-electron chi connectivity index (χ2n) is 8.92. The molecular weight excluding hydrogens is 358 g/mol. The third-order valence-corrected chi connectivity index (χ3v) is 6.81. The van der Waals surface area contributed by atoms with Crippen LogP contribution in [0.15, 0.2) is 10.8 Å². The quantitative estimate of drug-likeness (QED) is 0.774. The van der Waals surface area contributed by atoms with Gasteiger partial charge in [-0.15, -0.1) is 0 Å². The number of aryl methyl sites for hydroxylation is 1. The number of carbonyl (C=O) groups is 2. The van der Waals surface area contributed by atoms with Crippen LogP contribution in [-0.4, -0.2) is 65.0 Å². The Morgan fingerprint density at radius 2 is 2.04 bits per heavy atom. The Hall–Kier alpha value is -1.89. The lowest BCUT2D eigenvalue weighted by Gasteiger charge is -2.41. The molecule has 28 heavy (non-hydrogen) atoms. The van der Waals surface area contributed by atoms with E-state index < -0.39 is 5.41 Å². The highest BCUT2D eigenvalue weighted by atomic mass is 16.5. The summed E-state index contributed by atoms with van der Waals surface area (Å²) in [6.45, 7) is 8.67. The summed E-state index contributed by atoms with van der Waals surface area (Å²) in [5, 5.41) is 0. The summed E-state index contributed by atoms with van der Waals surface area (Å²) < 4.78 is 10.8. The zero-order valence-electron chi connectivity index (χ0n) is 17.1. The molecule has 0 aromatic carbocycles. The summed E-state index contributed by atoms with van der Waals surface area (Å²) in [5.41, 5.74) is 0.136. The predicted octanol–water partition coefficient (Wildman–Crippen LogP) is 2.64. The molecule has 3 aliphatic rings. The molecule has 3 saturated heterocycles. The molecule has 7 heteroatoms. The van der Waals surface area contributed by atoms with Gasteiger partial charge in [0.05, 0.1) is 24.3 Å². The Balaban J connectivity index is 1.64. The first-order valence-electron chi connectivity index (χ1n) is 10.5. The van der Waals surface area contributed by atoms with E-state index >= 15 is 0 Å². The lowest BCUT2D eigenvalue weighted by Crippen LogP contribution is -2.54. The Bertz CT molecular complexity index is 740. The molecule has 2 amide bonds. The average molecular weight is 389 g/mol. The van der Waals surface area contributed by atoms with Crippen LogP contribution in [0.5, 0.6) is 0 Å². The summed E-state index contributed by atoms with van der Waals surface area (Å²) in [5.74, 6) is 0.948. The van der Waals surface area contributed by atoms with Crippen molar-refractivity contribution < 1.29 is 18.7 Å². The second-order valence-corrected chi connectivity index (χ2v) is 8.92. The first kappa shape index (κ1) is 19.4. The fraction of sp³-hybridized carbons (Fsp3) is 0.762. The van der Waals surface area contributed by atoms with E-state index in [1.165, 1.54) is 6.39 Å². The van der Waals surface area contributed by atoms with Gasteiger partial charge in [-0.3, -0.25) is 9.59 Å². The van der Waals surface area contributed by atoms with Crippen LogP contribution in [0, 0.1) is 18.3 Å². The topological polar surface area (TPSA) is 75.9 Å². The highest BCUT2D eigenvalue weighted by Crippen LogP contribution is 2.54. The molecule has 3 fully saturated rings. The van der Waals surface area contributed by atoms with E-state index in [-0.39, 0.29) is 23.9 Å². The molecule has 154 valence electrons. The van der Waals surface area contributed by atoms with Crippen LogP contribution in [-0.2, 0) is 9.53 Å². The number of carbonyl (C=O) groups excluding carboxylic acids is 2. The van der Waals surface area contributed by atoms with Crippen LogP contribution in [0.25, 0.3) is 0 Å². The van der Waals surface area contributed by atoms with Crippen LogP contribution in [0.1, 0.15) is 62.2 Å². The summed E-state index contributed by atoms with van der Waals surface area (Å²) >= 11 is 0. The highest BCUT2D eigenvalue weighted by Gasteiger charge is 2.62. The standard InChI is InChI=1S/C21H31N3O4/c1-14(2)6-7-21(20(26)23-8-10-27-11-9-23)12-16-4-5-17(21)24(16)19(25)18-15(3)22-13-28-18/h13-14,16-17H,4-12H2,1-3H3/t16-,17+,21+/m1/s1. The van der Waals surface area contributed by atoms with Crippen LogP contribution in [0.4, 0.5) is 0 Å². The summed E-state index contributed by atoms with van der Waals surface area (Å²) in [7, 11) is 0. The number of aromatic nitrogens is 1. The van der Waals surface area contributed by atoms with Crippen molar-refractivity contribution in [1.29, 1.82) is 0 Å². The molecule has 3 aliphatic heterocycles. The normalized spacial score (nSPS) is 29.7. The van der Waals surface area contributed by atoms with Gasteiger partial charge in [0.15, 0.2) is 6.39 Å². The predicted molar refractivity (Wildman–Crippen MR) is 103 cm³/mol. The molecule has 4 heterocycles. The number of rotatable bonds is 5. The summed E-state index contributed by atoms with van der Waals surface area (Å²) in [4.78, 5) is 35.0. The van der Waals surface area contributed by atoms with Crippen molar-refractivity contribution >= 4 is 11.8 Å². The molecule has 0 radical (unpaired) electrons. The summed E-state index contributed by atoms with van der Waals surface area (Å²) in [6, 6.07) is 0.0581. The van der Waals surface area contributed by atoms with Gasteiger partial charge in [0, 0.05) is 25.2 Å². The second kappa shape index (κ2) is 7.50. The van der Waals surface area contributed by atoms with Crippen LogP contribution < -0.4 is 0 Å². The van der Waals surface area contributed by atoms with Gasteiger partial charge >= 0.3 is 0 Å². The van der Waals surface area contributed by atoms with Gasteiger partial charge in [0.2, 0.25) is 11.7 Å². The minimum Gasteiger partial charge on any atom is -0.438 e. The molecule has 1 aromatic rings.